The molecule has 0 saturated carbocycles. The molecule has 2 heteroatoms. The third-order valence-corrected chi connectivity index (χ3v) is 1.26. The first-order valence-corrected chi connectivity index (χ1v) is 3.31. The molecule has 0 aliphatic heterocycles. The van der Waals surface area contributed by atoms with Gasteiger partial charge in [0.2, 0.25) is 0 Å². The highest BCUT2D eigenvalue weighted by Crippen LogP contribution is 1.93. The first-order chi connectivity index (χ1) is 5.33. The Bertz CT molecular complexity index is 264. The summed E-state index contributed by atoms with van der Waals surface area (Å²) in [7, 11) is 0. The van der Waals surface area contributed by atoms with E-state index in [0.29, 0.717) is 4.74 Å². The summed E-state index contributed by atoms with van der Waals surface area (Å²) >= 11 is 0. The third kappa shape index (κ3) is 2.26. The third-order valence-electron chi connectivity index (χ3n) is 1.26. The molecule has 0 bridgehead atoms. The van der Waals surface area contributed by atoms with Gasteiger partial charge in [0.15, 0.2) is 12.4 Å². The number of hydroxylamine groups is 1. The summed E-state index contributed by atoms with van der Waals surface area (Å²) in [5.74, 6) is 0. The Labute approximate surface area is 65.7 Å². The van der Waals surface area contributed by atoms with Gasteiger partial charge in [0.05, 0.1) is 0 Å². The minimum Gasteiger partial charge on any atom is -0.619 e. The van der Waals surface area contributed by atoms with Gasteiger partial charge in [-0.05, 0) is 18.7 Å². The van der Waals surface area contributed by atoms with Gasteiger partial charge in [-0.25, -0.2) is 0 Å². The number of rotatable bonds is 2. The normalized spacial score (nSPS) is 11.1. The lowest BCUT2D eigenvalue weighted by Crippen LogP contribution is -1.95. The molecule has 0 amide bonds. The molecule has 0 fully saturated rings. The second kappa shape index (κ2) is 3.56. The molecule has 1 aromatic carbocycles. The van der Waals surface area contributed by atoms with Crippen molar-refractivity contribution in [3.05, 3.63) is 53.9 Å². The maximum Gasteiger partial charge on any atom is 0.187 e. The zero-order chi connectivity index (χ0) is 8.10. The maximum atomic E-state index is 10.7. The topological polar surface area (TPSA) is 26.1 Å². The van der Waals surface area contributed by atoms with Crippen molar-refractivity contribution in [2.45, 2.75) is 0 Å². The first kappa shape index (κ1) is 7.54. The summed E-state index contributed by atoms with van der Waals surface area (Å²) < 4.78 is 0.676. The van der Waals surface area contributed by atoms with Crippen molar-refractivity contribution in [2.75, 3.05) is 0 Å². The van der Waals surface area contributed by atoms with Gasteiger partial charge in [-0.1, -0.05) is 18.2 Å². The molecular formula is C9H9NO. The Balaban J connectivity index is 2.87. The number of hydrogen-bond donors (Lipinski definition) is 0. The average molecular weight is 147 g/mol. The van der Waals surface area contributed by atoms with Gasteiger partial charge in [-0.15, -0.1) is 0 Å². The fourth-order valence-electron chi connectivity index (χ4n) is 0.739. The Morgan fingerprint density at radius 2 is 1.91 bits per heavy atom. The van der Waals surface area contributed by atoms with Gasteiger partial charge < -0.3 is 5.21 Å². The minimum atomic E-state index is 0.676. The van der Waals surface area contributed by atoms with E-state index >= 15 is 0 Å². The SMILES string of the molecule is C=C/[N+]([O-])=C/c1ccccc1. The van der Waals surface area contributed by atoms with E-state index in [9.17, 15) is 5.21 Å². The van der Waals surface area contributed by atoms with Crippen LogP contribution in [0.3, 0.4) is 0 Å². The van der Waals surface area contributed by atoms with E-state index in [1.54, 1.807) is 0 Å². The van der Waals surface area contributed by atoms with Gasteiger partial charge in [-0.2, -0.15) is 4.74 Å². The van der Waals surface area contributed by atoms with Crippen LogP contribution < -0.4 is 0 Å². The van der Waals surface area contributed by atoms with Crippen molar-refractivity contribution >= 4 is 6.21 Å². The molecule has 11 heavy (non-hydrogen) atoms. The number of nitrogens with zero attached hydrogens (tertiary/aromatic N) is 1. The van der Waals surface area contributed by atoms with Gasteiger partial charge in [-0.3, -0.25) is 0 Å². The lowest BCUT2D eigenvalue weighted by atomic mass is 10.2. The van der Waals surface area contributed by atoms with Crippen molar-refractivity contribution in [1.29, 1.82) is 0 Å². The molecule has 0 heterocycles. The molecule has 0 spiro atoms. The van der Waals surface area contributed by atoms with Crippen LogP contribution in [0.4, 0.5) is 0 Å². The summed E-state index contributed by atoms with van der Waals surface area (Å²) in [6, 6.07) is 9.37. The van der Waals surface area contributed by atoms with Crippen molar-refractivity contribution < 1.29 is 4.74 Å². The predicted octanol–water partition coefficient (Wildman–Crippen LogP) is 1.76. The summed E-state index contributed by atoms with van der Waals surface area (Å²) in [6.07, 6.45) is 2.68. The van der Waals surface area contributed by atoms with E-state index in [1.807, 2.05) is 30.3 Å². The highest BCUT2D eigenvalue weighted by molar-refractivity contribution is 5.75. The molecule has 56 valence electrons. The Morgan fingerprint density at radius 1 is 1.27 bits per heavy atom. The summed E-state index contributed by atoms with van der Waals surface area (Å²) in [6.45, 7) is 3.34. The Hall–Kier alpha value is -1.57. The van der Waals surface area contributed by atoms with Gasteiger partial charge in [0, 0.05) is 5.56 Å². The zero-order valence-electron chi connectivity index (χ0n) is 6.10. The summed E-state index contributed by atoms with van der Waals surface area (Å²) in [5, 5.41) is 10.7. The van der Waals surface area contributed by atoms with Crippen molar-refractivity contribution in [2.24, 2.45) is 0 Å². The van der Waals surface area contributed by atoms with Crippen LogP contribution in [-0.4, -0.2) is 11.0 Å². The highest BCUT2D eigenvalue weighted by Gasteiger charge is 1.88. The average Bonchev–Trinajstić information content (AvgIpc) is 2.06. The molecule has 0 atom stereocenters. The van der Waals surface area contributed by atoms with Gasteiger partial charge in [0.25, 0.3) is 0 Å². The van der Waals surface area contributed by atoms with Crippen LogP contribution in [0.5, 0.6) is 0 Å². The molecule has 0 aliphatic carbocycles. The molecule has 0 radical (unpaired) electrons. The minimum absolute atomic E-state index is 0.676. The van der Waals surface area contributed by atoms with Crippen LogP contribution in [-0.2, 0) is 0 Å². The smallest absolute Gasteiger partial charge is 0.187 e. The largest absolute Gasteiger partial charge is 0.619 e. The fourth-order valence-corrected chi connectivity index (χ4v) is 0.739. The number of benzene rings is 1. The molecule has 1 aromatic rings. The molecule has 1 rings (SSSR count). The zero-order valence-corrected chi connectivity index (χ0v) is 6.10. The van der Waals surface area contributed by atoms with Crippen molar-refractivity contribution in [1.82, 2.24) is 0 Å². The van der Waals surface area contributed by atoms with Crippen molar-refractivity contribution in [3.63, 3.8) is 0 Å². The van der Waals surface area contributed by atoms with E-state index in [2.05, 4.69) is 6.58 Å². The van der Waals surface area contributed by atoms with Crippen LogP contribution in [0.1, 0.15) is 5.56 Å². The van der Waals surface area contributed by atoms with Gasteiger partial charge >= 0.3 is 0 Å². The fraction of sp³-hybridized carbons (Fsp3) is 0. The molecule has 0 aliphatic rings. The Morgan fingerprint density at radius 3 is 2.45 bits per heavy atom. The molecule has 2 nitrogen and oxygen atoms in total. The summed E-state index contributed by atoms with van der Waals surface area (Å²) in [4.78, 5) is 0. The maximum absolute atomic E-state index is 10.7. The van der Waals surface area contributed by atoms with E-state index in [1.165, 1.54) is 12.4 Å². The quantitative estimate of drug-likeness (QED) is 0.271. The predicted molar refractivity (Wildman–Crippen MR) is 45.4 cm³/mol. The standard InChI is InChI=1S/C9H9NO/c1-2-10(11)8-9-6-4-3-5-7-9/h2-8H,1H2/b10-8-. The summed E-state index contributed by atoms with van der Waals surface area (Å²) in [5.41, 5.74) is 0.877. The molecule has 0 unspecified atom stereocenters. The van der Waals surface area contributed by atoms with Crippen LogP contribution in [0.25, 0.3) is 0 Å². The molecular weight excluding hydrogens is 138 g/mol. The second-order valence-electron chi connectivity index (χ2n) is 2.08. The first-order valence-electron chi connectivity index (χ1n) is 3.31. The highest BCUT2D eigenvalue weighted by atomic mass is 16.5. The lowest BCUT2D eigenvalue weighted by molar-refractivity contribution is -0.371. The van der Waals surface area contributed by atoms with Gasteiger partial charge in [0.1, 0.15) is 0 Å². The van der Waals surface area contributed by atoms with E-state index in [0.717, 1.165) is 5.56 Å². The monoisotopic (exact) mass is 147 g/mol. The van der Waals surface area contributed by atoms with Crippen LogP contribution >= 0.6 is 0 Å². The van der Waals surface area contributed by atoms with E-state index in [4.69, 9.17) is 0 Å². The van der Waals surface area contributed by atoms with E-state index in [-0.39, 0.29) is 0 Å². The molecule has 0 N–H and O–H groups in total. The van der Waals surface area contributed by atoms with Crippen LogP contribution in [0.15, 0.2) is 43.1 Å². The van der Waals surface area contributed by atoms with Crippen LogP contribution in [0, 0.1) is 5.21 Å². The van der Waals surface area contributed by atoms with Crippen LogP contribution in [0.2, 0.25) is 0 Å². The lowest BCUT2D eigenvalue weighted by Gasteiger charge is -1.94. The molecule has 0 saturated heterocycles. The number of hydrogen-bond acceptors (Lipinski definition) is 1. The second-order valence-corrected chi connectivity index (χ2v) is 2.08. The van der Waals surface area contributed by atoms with E-state index < -0.39 is 0 Å². The van der Waals surface area contributed by atoms with Crippen molar-refractivity contribution in [3.8, 4) is 0 Å². The molecule has 0 aromatic heterocycles. The Kier molecular flexibility index (Phi) is 2.44.